The average molecular weight is 420 g/mol. The van der Waals surface area contributed by atoms with Crippen LogP contribution in [0.25, 0.3) is 0 Å². The first kappa shape index (κ1) is 21.6. The molecule has 0 bridgehead atoms. The number of urea groups is 1. The van der Waals surface area contributed by atoms with E-state index in [-0.39, 0.29) is 11.9 Å². The molecule has 0 aliphatic carbocycles. The number of hydrogen-bond donors (Lipinski definition) is 3. The molecule has 0 spiro atoms. The normalized spacial score (nSPS) is 10.2. The maximum absolute atomic E-state index is 12.5. The van der Waals surface area contributed by atoms with Gasteiger partial charge in [0.25, 0.3) is 0 Å². The van der Waals surface area contributed by atoms with Gasteiger partial charge in [-0.3, -0.25) is 9.69 Å². The molecule has 0 aliphatic heterocycles. The SMILES string of the molecule is COc1ccc(NC(C)=O)cc1Nc1cc(N(C)C(=O)NCc2ccccc2)ncn1. The molecule has 0 radical (unpaired) electrons. The van der Waals surface area contributed by atoms with Crippen LogP contribution in [-0.2, 0) is 11.3 Å². The highest BCUT2D eigenvalue weighted by Crippen LogP contribution is 2.30. The number of methoxy groups -OCH3 is 1. The van der Waals surface area contributed by atoms with Crippen LogP contribution in [0.4, 0.5) is 27.8 Å². The Labute approximate surface area is 180 Å². The van der Waals surface area contributed by atoms with Crippen molar-refractivity contribution in [3.05, 3.63) is 66.5 Å². The summed E-state index contributed by atoms with van der Waals surface area (Å²) in [6.45, 7) is 1.85. The number of nitrogens with one attached hydrogen (secondary N) is 3. The molecule has 0 fully saturated rings. The fourth-order valence-electron chi connectivity index (χ4n) is 2.82. The number of carbonyl (C=O) groups excluding carboxylic acids is 2. The molecule has 160 valence electrons. The summed E-state index contributed by atoms with van der Waals surface area (Å²) >= 11 is 0. The first-order chi connectivity index (χ1) is 15.0. The monoisotopic (exact) mass is 420 g/mol. The van der Waals surface area contributed by atoms with Gasteiger partial charge in [-0.25, -0.2) is 14.8 Å². The number of ether oxygens (including phenoxy) is 1. The Morgan fingerprint density at radius 3 is 2.55 bits per heavy atom. The van der Waals surface area contributed by atoms with Gasteiger partial charge in [0.2, 0.25) is 5.91 Å². The highest BCUT2D eigenvalue weighted by molar-refractivity contribution is 5.91. The van der Waals surface area contributed by atoms with Gasteiger partial charge in [0.1, 0.15) is 23.7 Å². The largest absolute Gasteiger partial charge is 0.495 e. The van der Waals surface area contributed by atoms with E-state index in [0.717, 1.165) is 5.56 Å². The Hall–Kier alpha value is -4.14. The average Bonchev–Trinajstić information content (AvgIpc) is 2.77. The smallest absolute Gasteiger partial charge is 0.323 e. The van der Waals surface area contributed by atoms with E-state index >= 15 is 0 Å². The molecule has 31 heavy (non-hydrogen) atoms. The third-order valence-electron chi connectivity index (χ3n) is 4.37. The van der Waals surface area contributed by atoms with E-state index in [0.29, 0.717) is 35.3 Å². The first-order valence-electron chi connectivity index (χ1n) is 9.56. The van der Waals surface area contributed by atoms with Crippen molar-refractivity contribution in [2.75, 3.05) is 29.7 Å². The molecule has 2 aromatic carbocycles. The summed E-state index contributed by atoms with van der Waals surface area (Å²) < 4.78 is 5.37. The third kappa shape index (κ3) is 5.92. The molecule has 3 N–H and O–H groups in total. The fraction of sp³-hybridized carbons (Fsp3) is 0.182. The van der Waals surface area contributed by atoms with Gasteiger partial charge in [0.15, 0.2) is 0 Å². The summed E-state index contributed by atoms with van der Waals surface area (Å²) in [5, 5.41) is 8.73. The molecule has 3 rings (SSSR count). The standard InChI is InChI=1S/C22H24N6O3/c1-15(29)26-17-9-10-19(31-3)18(11-17)27-20-12-21(25-14-24-20)28(2)22(30)23-13-16-7-5-4-6-8-16/h4-12,14H,13H2,1-3H3,(H,23,30)(H,26,29)(H,24,25,27). The van der Waals surface area contributed by atoms with Crippen LogP contribution < -0.4 is 25.6 Å². The quantitative estimate of drug-likeness (QED) is 0.540. The molecule has 1 aromatic heterocycles. The van der Waals surface area contributed by atoms with Crippen molar-refractivity contribution in [3.8, 4) is 5.75 Å². The number of hydrogen-bond acceptors (Lipinski definition) is 6. The highest BCUT2D eigenvalue weighted by Gasteiger charge is 2.14. The molecule has 0 saturated heterocycles. The van der Waals surface area contributed by atoms with Gasteiger partial charge in [-0.15, -0.1) is 0 Å². The van der Waals surface area contributed by atoms with Crippen LogP contribution in [0, 0.1) is 0 Å². The summed E-state index contributed by atoms with van der Waals surface area (Å²) in [4.78, 5) is 33.6. The molecule has 0 atom stereocenters. The molecule has 9 nitrogen and oxygen atoms in total. The van der Waals surface area contributed by atoms with Crippen molar-refractivity contribution >= 4 is 34.9 Å². The second kappa shape index (κ2) is 10.1. The zero-order valence-corrected chi connectivity index (χ0v) is 17.5. The lowest BCUT2D eigenvalue weighted by Crippen LogP contribution is -2.37. The van der Waals surface area contributed by atoms with Gasteiger partial charge < -0.3 is 20.7 Å². The summed E-state index contributed by atoms with van der Waals surface area (Å²) in [5.41, 5.74) is 2.22. The molecule has 0 aliphatic rings. The second-order valence-corrected chi connectivity index (χ2v) is 6.69. The maximum atomic E-state index is 12.5. The van der Waals surface area contributed by atoms with Crippen LogP contribution in [0.1, 0.15) is 12.5 Å². The summed E-state index contributed by atoms with van der Waals surface area (Å²) in [6.07, 6.45) is 1.36. The van der Waals surface area contributed by atoms with Gasteiger partial charge in [-0.2, -0.15) is 0 Å². The summed E-state index contributed by atoms with van der Waals surface area (Å²) in [5.74, 6) is 1.28. The molecule has 9 heteroatoms. The highest BCUT2D eigenvalue weighted by atomic mass is 16.5. The van der Waals surface area contributed by atoms with E-state index in [9.17, 15) is 9.59 Å². The van der Waals surface area contributed by atoms with Crippen molar-refractivity contribution in [2.24, 2.45) is 0 Å². The van der Waals surface area contributed by atoms with Crippen LogP contribution in [0.3, 0.4) is 0 Å². The van der Waals surface area contributed by atoms with Crippen molar-refractivity contribution < 1.29 is 14.3 Å². The van der Waals surface area contributed by atoms with Crippen LogP contribution in [0.2, 0.25) is 0 Å². The number of benzene rings is 2. The van der Waals surface area contributed by atoms with Crippen LogP contribution in [0.5, 0.6) is 5.75 Å². The molecule has 1 heterocycles. The van der Waals surface area contributed by atoms with E-state index in [4.69, 9.17) is 4.74 Å². The Balaban J connectivity index is 1.72. The van der Waals surface area contributed by atoms with Gasteiger partial charge >= 0.3 is 6.03 Å². The molecule has 0 saturated carbocycles. The van der Waals surface area contributed by atoms with E-state index in [2.05, 4.69) is 25.9 Å². The van der Waals surface area contributed by atoms with E-state index in [1.54, 1.807) is 38.4 Å². The third-order valence-corrected chi connectivity index (χ3v) is 4.37. The Bertz CT molecular complexity index is 1060. The molecule has 3 aromatic rings. The lowest BCUT2D eigenvalue weighted by molar-refractivity contribution is -0.114. The van der Waals surface area contributed by atoms with Gasteiger partial charge in [-0.1, -0.05) is 30.3 Å². The first-order valence-corrected chi connectivity index (χ1v) is 9.56. The molecule has 3 amide bonds. The number of rotatable bonds is 7. The molecule has 0 unspecified atom stereocenters. The Morgan fingerprint density at radius 1 is 1.06 bits per heavy atom. The van der Waals surface area contributed by atoms with Crippen molar-refractivity contribution in [2.45, 2.75) is 13.5 Å². The van der Waals surface area contributed by atoms with Crippen molar-refractivity contribution in [1.82, 2.24) is 15.3 Å². The van der Waals surface area contributed by atoms with E-state index in [1.807, 2.05) is 30.3 Å². The number of nitrogens with zero attached hydrogens (tertiary/aromatic N) is 3. The van der Waals surface area contributed by atoms with E-state index < -0.39 is 0 Å². The Morgan fingerprint density at radius 2 is 1.84 bits per heavy atom. The maximum Gasteiger partial charge on any atom is 0.323 e. The molecular formula is C22H24N6O3. The Kier molecular flexibility index (Phi) is 7.00. The van der Waals surface area contributed by atoms with E-state index in [1.165, 1.54) is 18.2 Å². The number of aromatic nitrogens is 2. The lowest BCUT2D eigenvalue weighted by Gasteiger charge is -2.18. The zero-order valence-electron chi connectivity index (χ0n) is 17.5. The minimum Gasteiger partial charge on any atom is -0.495 e. The summed E-state index contributed by atoms with van der Waals surface area (Å²) in [6, 6.07) is 16.2. The second-order valence-electron chi connectivity index (χ2n) is 6.69. The number of carbonyl (C=O) groups is 2. The number of amides is 3. The lowest BCUT2D eigenvalue weighted by atomic mass is 10.2. The van der Waals surface area contributed by atoms with Gasteiger partial charge in [0.05, 0.1) is 12.8 Å². The number of anilines is 4. The van der Waals surface area contributed by atoms with Crippen LogP contribution in [-0.4, -0.2) is 36.1 Å². The van der Waals surface area contributed by atoms with Crippen LogP contribution in [0.15, 0.2) is 60.9 Å². The fourth-order valence-corrected chi connectivity index (χ4v) is 2.82. The summed E-state index contributed by atoms with van der Waals surface area (Å²) in [7, 11) is 3.18. The zero-order chi connectivity index (χ0) is 22.2. The predicted molar refractivity (Wildman–Crippen MR) is 120 cm³/mol. The van der Waals surface area contributed by atoms with Crippen molar-refractivity contribution in [3.63, 3.8) is 0 Å². The topological polar surface area (TPSA) is 108 Å². The molecular weight excluding hydrogens is 396 g/mol. The van der Waals surface area contributed by atoms with Crippen LogP contribution >= 0.6 is 0 Å². The van der Waals surface area contributed by atoms with Gasteiger partial charge in [0, 0.05) is 32.3 Å². The van der Waals surface area contributed by atoms with Crippen molar-refractivity contribution in [1.29, 1.82) is 0 Å². The minimum atomic E-state index is -0.293. The predicted octanol–water partition coefficient (Wildman–Crippen LogP) is 3.53. The van der Waals surface area contributed by atoms with Gasteiger partial charge in [-0.05, 0) is 23.8 Å². The minimum absolute atomic E-state index is 0.177.